The van der Waals surface area contributed by atoms with Crippen LogP contribution >= 0.6 is 0 Å². The summed E-state index contributed by atoms with van der Waals surface area (Å²) in [7, 11) is 1.34. The minimum Gasteiger partial charge on any atom is -0.465 e. The second-order valence-corrected chi connectivity index (χ2v) is 8.10. The van der Waals surface area contributed by atoms with Gasteiger partial charge in [-0.3, -0.25) is 4.79 Å². The van der Waals surface area contributed by atoms with Gasteiger partial charge in [0.15, 0.2) is 0 Å². The lowest BCUT2D eigenvalue weighted by molar-refractivity contribution is 0.0599. The quantitative estimate of drug-likeness (QED) is 0.598. The molecule has 6 heteroatoms. The van der Waals surface area contributed by atoms with Gasteiger partial charge in [0.1, 0.15) is 5.82 Å². The van der Waals surface area contributed by atoms with Crippen LogP contribution in [-0.4, -0.2) is 61.5 Å². The van der Waals surface area contributed by atoms with E-state index in [1.54, 1.807) is 36.4 Å². The van der Waals surface area contributed by atoms with Gasteiger partial charge in [0.2, 0.25) is 0 Å². The molecular weight excluding hydrogens is 395 g/mol. The van der Waals surface area contributed by atoms with Gasteiger partial charge in [-0.25, -0.2) is 9.18 Å². The van der Waals surface area contributed by atoms with Crippen LogP contribution < -0.4 is 0 Å². The normalized spacial score (nSPS) is 16.7. The number of nitrogens with zero attached hydrogens (tertiary/aromatic N) is 2. The van der Waals surface area contributed by atoms with Crippen LogP contribution in [-0.2, 0) is 11.2 Å². The van der Waals surface area contributed by atoms with E-state index in [0.717, 1.165) is 44.5 Å². The van der Waals surface area contributed by atoms with E-state index in [2.05, 4.69) is 4.90 Å². The van der Waals surface area contributed by atoms with Crippen molar-refractivity contribution in [3.8, 4) is 0 Å². The summed E-state index contributed by atoms with van der Waals surface area (Å²) in [6, 6.07) is 13.4. The van der Waals surface area contributed by atoms with Crippen molar-refractivity contribution in [2.24, 2.45) is 5.92 Å². The third kappa shape index (κ3) is 6.37. The monoisotopic (exact) mass is 426 g/mol. The predicted octanol–water partition coefficient (Wildman–Crippen LogP) is 4.03. The van der Waals surface area contributed by atoms with Crippen molar-refractivity contribution < 1.29 is 18.7 Å². The molecule has 166 valence electrons. The summed E-state index contributed by atoms with van der Waals surface area (Å²) in [4.78, 5) is 28.9. The first-order valence-electron chi connectivity index (χ1n) is 10.9. The number of piperidine rings is 1. The Labute approximate surface area is 183 Å². The van der Waals surface area contributed by atoms with Crippen molar-refractivity contribution in [3.05, 3.63) is 71.0 Å². The number of carbonyl (C=O) groups is 2. The predicted molar refractivity (Wildman–Crippen MR) is 119 cm³/mol. The van der Waals surface area contributed by atoms with Gasteiger partial charge >= 0.3 is 5.97 Å². The zero-order valence-electron chi connectivity index (χ0n) is 18.4. The highest BCUT2D eigenvalue weighted by molar-refractivity contribution is 5.96. The number of ether oxygens (including phenoxy) is 1. The van der Waals surface area contributed by atoms with E-state index in [9.17, 15) is 14.0 Å². The van der Waals surface area contributed by atoms with Gasteiger partial charge in [-0.1, -0.05) is 12.1 Å². The van der Waals surface area contributed by atoms with Gasteiger partial charge in [0.25, 0.3) is 5.91 Å². The zero-order chi connectivity index (χ0) is 22.2. The van der Waals surface area contributed by atoms with Crippen LogP contribution in [0.3, 0.4) is 0 Å². The summed E-state index contributed by atoms with van der Waals surface area (Å²) in [5.41, 5.74) is 2.03. The number of carbonyl (C=O) groups excluding carboxylic acids is 2. The molecule has 0 spiro atoms. The molecule has 0 N–H and O–H groups in total. The van der Waals surface area contributed by atoms with Crippen molar-refractivity contribution in [1.82, 2.24) is 9.80 Å². The maximum absolute atomic E-state index is 13.4. The van der Waals surface area contributed by atoms with E-state index in [1.807, 2.05) is 17.9 Å². The number of halogens is 1. The van der Waals surface area contributed by atoms with Crippen LogP contribution in [0.1, 0.15) is 46.0 Å². The largest absolute Gasteiger partial charge is 0.465 e. The van der Waals surface area contributed by atoms with Crippen molar-refractivity contribution in [2.45, 2.75) is 26.2 Å². The fourth-order valence-corrected chi connectivity index (χ4v) is 4.20. The number of hydrogen-bond acceptors (Lipinski definition) is 4. The fourth-order valence-electron chi connectivity index (χ4n) is 4.20. The van der Waals surface area contributed by atoms with Crippen molar-refractivity contribution >= 4 is 11.9 Å². The van der Waals surface area contributed by atoms with Crippen molar-refractivity contribution in [3.63, 3.8) is 0 Å². The first-order chi connectivity index (χ1) is 15.0. The molecule has 31 heavy (non-hydrogen) atoms. The average molecular weight is 427 g/mol. The molecular formula is C25H31FN2O3. The topological polar surface area (TPSA) is 49.9 Å². The summed E-state index contributed by atoms with van der Waals surface area (Å²) < 4.78 is 18.1. The van der Waals surface area contributed by atoms with Crippen LogP contribution in [0.15, 0.2) is 48.5 Å². The van der Waals surface area contributed by atoms with Crippen molar-refractivity contribution in [1.29, 1.82) is 0 Å². The Hall–Kier alpha value is -2.73. The van der Waals surface area contributed by atoms with Gasteiger partial charge in [0, 0.05) is 31.7 Å². The third-order valence-corrected chi connectivity index (χ3v) is 5.91. The molecule has 5 nitrogen and oxygen atoms in total. The van der Waals surface area contributed by atoms with Crippen LogP contribution in [0.25, 0.3) is 0 Å². The molecule has 3 rings (SSSR count). The van der Waals surface area contributed by atoms with Gasteiger partial charge in [-0.2, -0.15) is 0 Å². The number of amides is 1. The Morgan fingerprint density at radius 3 is 2.58 bits per heavy atom. The number of likely N-dealkylation sites (tertiary alicyclic amines) is 1. The number of hydrogen-bond donors (Lipinski definition) is 0. The van der Waals surface area contributed by atoms with Crippen LogP contribution in [0.5, 0.6) is 0 Å². The second-order valence-electron chi connectivity index (χ2n) is 8.10. The maximum Gasteiger partial charge on any atom is 0.337 e. The molecule has 1 unspecified atom stereocenters. The second kappa shape index (κ2) is 11.0. The van der Waals surface area contributed by atoms with Crippen LogP contribution in [0.4, 0.5) is 4.39 Å². The molecule has 0 bridgehead atoms. The van der Waals surface area contributed by atoms with Crippen molar-refractivity contribution in [2.75, 3.05) is 39.8 Å². The summed E-state index contributed by atoms with van der Waals surface area (Å²) in [6.45, 7) is 6.23. The first-order valence-corrected chi connectivity index (χ1v) is 10.9. The van der Waals surface area contributed by atoms with Gasteiger partial charge < -0.3 is 14.5 Å². The highest BCUT2D eigenvalue weighted by Crippen LogP contribution is 2.20. The number of methoxy groups -OCH3 is 1. The van der Waals surface area contributed by atoms with Gasteiger partial charge in [-0.15, -0.1) is 0 Å². The molecule has 1 heterocycles. The Morgan fingerprint density at radius 2 is 1.90 bits per heavy atom. The fraction of sp³-hybridized carbons (Fsp3) is 0.440. The molecule has 2 aromatic rings. The molecule has 1 amide bonds. The standard InChI is InChI=1S/C25H31FN2O3/c1-3-28(24(29)21-9-11-22(12-10-21)25(30)31-2)18-20-7-5-14-27(17-20)15-13-19-6-4-8-23(26)16-19/h4,6,8-12,16,20H,3,5,7,13-15,17-18H2,1-2H3. The Morgan fingerprint density at radius 1 is 1.16 bits per heavy atom. The van der Waals surface area contributed by atoms with E-state index in [1.165, 1.54) is 13.2 Å². The molecule has 1 fully saturated rings. The molecule has 0 aliphatic carbocycles. The smallest absolute Gasteiger partial charge is 0.337 e. The minimum absolute atomic E-state index is 0.0178. The van der Waals surface area contributed by atoms with Crippen LogP contribution in [0.2, 0.25) is 0 Å². The Balaban J connectivity index is 1.55. The lowest BCUT2D eigenvalue weighted by atomic mass is 9.96. The lowest BCUT2D eigenvalue weighted by Crippen LogP contribution is -2.43. The molecule has 0 saturated carbocycles. The van der Waals surface area contributed by atoms with E-state index in [-0.39, 0.29) is 11.7 Å². The summed E-state index contributed by atoms with van der Waals surface area (Å²) in [5, 5.41) is 0. The Bertz CT molecular complexity index is 885. The van der Waals surface area contributed by atoms with E-state index in [4.69, 9.17) is 4.74 Å². The molecule has 1 atom stereocenters. The molecule has 2 aromatic carbocycles. The van der Waals surface area contributed by atoms with Gasteiger partial charge in [0.05, 0.1) is 12.7 Å². The summed E-state index contributed by atoms with van der Waals surface area (Å²) >= 11 is 0. The molecule has 0 radical (unpaired) electrons. The third-order valence-electron chi connectivity index (χ3n) is 5.91. The summed E-state index contributed by atoms with van der Waals surface area (Å²) in [6.07, 6.45) is 3.03. The maximum atomic E-state index is 13.4. The summed E-state index contributed by atoms with van der Waals surface area (Å²) in [5.74, 6) is -0.201. The lowest BCUT2D eigenvalue weighted by Gasteiger charge is -2.35. The highest BCUT2D eigenvalue weighted by Gasteiger charge is 2.24. The minimum atomic E-state index is -0.410. The SMILES string of the molecule is CCN(CC1CCCN(CCc2cccc(F)c2)C1)C(=O)c1ccc(C(=O)OC)cc1. The molecule has 1 aliphatic rings. The van der Waals surface area contributed by atoms with E-state index >= 15 is 0 Å². The number of rotatable bonds is 8. The number of benzene rings is 2. The average Bonchev–Trinajstić information content (AvgIpc) is 2.80. The molecule has 1 aliphatic heterocycles. The molecule has 1 saturated heterocycles. The van der Waals surface area contributed by atoms with Crippen LogP contribution in [0, 0.1) is 11.7 Å². The van der Waals surface area contributed by atoms with E-state index in [0.29, 0.717) is 30.1 Å². The van der Waals surface area contributed by atoms with E-state index < -0.39 is 5.97 Å². The zero-order valence-corrected chi connectivity index (χ0v) is 18.4. The van der Waals surface area contributed by atoms with Gasteiger partial charge in [-0.05, 0) is 80.6 Å². The number of esters is 1. The highest BCUT2D eigenvalue weighted by atomic mass is 19.1. The molecule has 0 aromatic heterocycles. The Kier molecular flexibility index (Phi) is 8.18. The first kappa shape index (κ1) is 22.9.